The summed E-state index contributed by atoms with van der Waals surface area (Å²) in [5.74, 6) is -0.504. The Balaban J connectivity index is 1.39. The van der Waals surface area contributed by atoms with Crippen LogP contribution < -0.4 is 0 Å². The van der Waals surface area contributed by atoms with Crippen molar-refractivity contribution in [3.8, 4) is 0 Å². The molecule has 1 aromatic heterocycles. The molecule has 3 heterocycles. The van der Waals surface area contributed by atoms with E-state index in [2.05, 4.69) is 4.98 Å². The minimum atomic E-state index is -0.319. The van der Waals surface area contributed by atoms with Crippen molar-refractivity contribution in [2.75, 3.05) is 13.1 Å². The normalized spacial score (nSPS) is 17.4. The summed E-state index contributed by atoms with van der Waals surface area (Å²) < 4.78 is 0. The van der Waals surface area contributed by atoms with E-state index in [1.165, 1.54) is 11.1 Å². The van der Waals surface area contributed by atoms with Gasteiger partial charge in [-0.25, -0.2) is 0 Å². The number of likely N-dealkylation sites (tertiary alicyclic amines) is 1. The second kappa shape index (κ2) is 6.95. The molecule has 2 aromatic rings. The highest BCUT2D eigenvalue weighted by Gasteiger charge is 2.42. The molecular weight excluding hydrogens is 342 g/mol. The Morgan fingerprint density at radius 1 is 1.11 bits per heavy atom. The van der Waals surface area contributed by atoms with Crippen LogP contribution in [-0.4, -0.2) is 51.6 Å². The van der Waals surface area contributed by atoms with E-state index in [-0.39, 0.29) is 29.5 Å². The van der Waals surface area contributed by atoms with Crippen LogP contribution in [-0.2, 0) is 11.2 Å². The summed E-state index contributed by atoms with van der Waals surface area (Å²) in [6, 6.07) is 11.1. The lowest BCUT2D eigenvalue weighted by atomic mass is 10.0. The van der Waals surface area contributed by atoms with Crippen LogP contribution in [0, 0.1) is 6.92 Å². The molecule has 0 atom stereocenters. The molecule has 0 spiro atoms. The third-order valence-corrected chi connectivity index (χ3v) is 5.30. The van der Waals surface area contributed by atoms with Crippen LogP contribution in [0.4, 0.5) is 0 Å². The van der Waals surface area contributed by atoms with E-state index >= 15 is 0 Å². The first-order valence-electron chi connectivity index (χ1n) is 9.21. The van der Waals surface area contributed by atoms with Gasteiger partial charge in [-0.05, 0) is 37.5 Å². The molecule has 6 heteroatoms. The Labute approximate surface area is 157 Å². The van der Waals surface area contributed by atoms with Crippen LogP contribution in [0.15, 0.2) is 42.6 Å². The predicted octanol–water partition coefficient (Wildman–Crippen LogP) is 2.22. The first-order chi connectivity index (χ1) is 13.0. The van der Waals surface area contributed by atoms with Crippen LogP contribution in [0.3, 0.4) is 0 Å². The van der Waals surface area contributed by atoms with E-state index in [0.717, 1.165) is 11.1 Å². The second-order valence-electron chi connectivity index (χ2n) is 7.16. The van der Waals surface area contributed by atoms with Crippen molar-refractivity contribution in [1.29, 1.82) is 0 Å². The number of benzene rings is 1. The van der Waals surface area contributed by atoms with Gasteiger partial charge in [0.25, 0.3) is 11.8 Å². The fraction of sp³-hybridized carbons (Fsp3) is 0.333. The first-order valence-corrected chi connectivity index (χ1v) is 9.21. The quantitative estimate of drug-likeness (QED) is 0.784. The van der Waals surface area contributed by atoms with Crippen LogP contribution in [0.2, 0.25) is 0 Å². The zero-order valence-electron chi connectivity index (χ0n) is 15.2. The standard InChI is InChI=1S/C21H21N3O3/c1-14-4-2-5-15(12-14)13-18(25)23-10-7-16(8-11-23)24-20(26)17-6-3-9-22-19(17)21(24)27/h2-6,9,12,16H,7-8,10-11,13H2,1H3. The number of aromatic nitrogens is 1. The van der Waals surface area contributed by atoms with E-state index in [1.54, 1.807) is 12.1 Å². The zero-order valence-corrected chi connectivity index (χ0v) is 15.2. The molecule has 6 nitrogen and oxygen atoms in total. The van der Waals surface area contributed by atoms with Gasteiger partial charge in [-0.15, -0.1) is 0 Å². The topological polar surface area (TPSA) is 70.6 Å². The molecule has 1 aromatic carbocycles. The Kier molecular flexibility index (Phi) is 4.48. The molecule has 2 aliphatic rings. The van der Waals surface area contributed by atoms with Gasteiger partial charge in [0.05, 0.1) is 12.0 Å². The van der Waals surface area contributed by atoms with Gasteiger partial charge in [-0.2, -0.15) is 0 Å². The summed E-state index contributed by atoms with van der Waals surface area (Å²) in [5, 5.41) is 0. The van der Waals surface area contributed by atoms with E-state index in [1.807, 2.05) is 36.1 Å². The second-order valence-corrected chi connectivity index (χ2v) is 7.16. The van der Waals surface area contributed by atoms with E-state index in [9.17, 15) is 14.4 Å². The number of hydrogen-bond donors (Lipinski definition) is 0. The number of piperidine rings is 1. The van der Waals surface area contributed by atoms with Crippen LogP contribution >= 0.6 is 0 Å². The summed E-state index contributed by atoms with van der Waals surface area (Å²) in [6.07, 6.45) is 3.11. The van der Waals surface area contributed by atoms with Crippen molar-refractivity contribution in [1.82, 2.24) is 14.8 Å². The number of amides is 3. The molecule has 2 aliphatic heterocycles. The van der Waals surface area contributed by atoms with Crippen molar-refractivity contribution in [3.05, 3.63) is 65.0 Å². The van der Waals surface area contributed by atoms with Gasteiger partial charge in [-0.3, -0.25) is 24.3 Å². The number of pyridine rings is 1. The van der Waals surface area contributed by atoms with Crippen molar-refractivity contribution in [2.24, 2.45) is 0 Å². The fourth-order valence-electron chi connectivity index (χ4n) is 3.90. The number of rotatable bonds is 3. The molecule has 0 bridgehead atoms. The van der Waals surface area contributed by atoms with Crippen molar-refractivity contribution >= 4 is 17.7 Å². The average molecular weight is 363 g/mol. The summed E-state index contributed by atoms with van der Waals surface area (Å²) >= 11 is 0. The summed E-state index contributed by atoms with van der Waals surface area (Å²) in [5.41, 5.74) is 2.76. The Morgan fingerprint density at radius 2 is 1.89 bits per heavy atom. The Morgan fingerprint density at radius 3 is 2.59 bits per heavy atom. The van der Waals surface area contributed by atoms with Crippen LogP contribution in [0.5, 0.6) is 0 Å². The smallest absolute Gasteiger partial charge is 0.280 e. The maximum absolute atomic E-state index is 12.6. The maximum Gasteiger partial charge on any atom is 0.280 e. The SMILES string of the molecule is Cc1cccc(CC(=O)N2CCC(N3C(=O)c4cccnc4C3=O)CC2)c1. The third-order valence-electron chi connectivity index (χ3n) is 5.30. The highest BCUT2D eigenvalue weighted by Crippen LogP contribution is 2.27. The Hall–Kier alpha value is -3.02. The van der Waals surface area contributed by atoms with Gasteiger partial charge in [0.15, 0.2) is 0 Å². The molecular formula is C21H21N3O3. The molecule has 138 valence electrons. The van der Waals surface area contributed by atoms with Crippen molar-refractivity contribution in [2.45, 2.75) is 32.2 Å². The van der Waals surface area contributed by atoms with Crippen molar-refractivity contribution in [3.63, 3.8) is 0 Å². The largest absolute Gasteiger partial charge is 0.342 e. The Bertz CT molecular complexity index is 881. The summed E-state index contributed by atoms with van der Waals surface area (Å²) in [4.78, 5) is 44.9. The number of nitrogens with zero attached hydrogens (tertiary/aromatic N) is 3. The summed E-state index contributed by atoms with van der Waals surface area (Å²) in [6.45, 7) is 3.11. The van der Waals surface area contributed by atoms with Crippen LogP contribution in [0.1, 0.15) is 44.8 Å². The van der Waals surface area contributed by atoms with Gasteiger partial charge in [0, 0.05) is 25.3 Å². The van der Waals surface area contributed by atoms with Crippen LogP contribution in [0.25, 0.3) is 0 Å². The van der Waals surface area contributed by atoms with Crippen molar-refractivity contribution < 1.29 is 14.4 Å². The number of hydrogen-bond acceptors (Lipinski definition) is 4. The highest BCUT2D eigenvalue weighted by molar-refractivity contribution is 6.20. The van der Waals surface area contributed by atoms with E-state index < -0.39 is 0 Å². The number of carbonyl (C=O) groups excluding carboxylic acids is 3. The molecule has 1 fully saturated rings. The summed E-state index contributed by atoms with van der Waals surface area (Å²) in [7, 11) is 0. The average Bonchev–Trinajstić information content (AvgIpc) is 2.93. The number of fused-ring (bicyclic) bond motifs is 1. The highest BCUT2D eigenvalue weighted by atomic mass is 16.2. The van der Waals surface area contributed by atoms with Gasteiger partial charge in [0.2, 0.25) is 5.91 Å². The molecule has 3 amide bonds. The molecule has 27 heavy (non-hydrogen) atoms. The lowest BCUT2D eigenvalue weighted by Crippen LogP contribution is -2.49. The maximum atomic E-state index is 12.6. The molecule has 0 N–H and O–H groups in total. The molecule has 4 rings (SSSR count). The van der Waals surface area contributed by atoms with Gasteiger partial charge in [-0.1, -0.05) is 29.8 Å². The lowest BCUT2D eigenvalue weighted by molar-refractivity contribution is -0.131. The molecule has 0 radical (unpaired) electrons. The number of carbonyl (C=O) groups is 3. The predicted molar refractivity (Wildman–Crippen MR) is 99.2 cm³/mol. The molecule has 1 saturated heterocycles. The van der Waals surface area contributed by atoms with Gasteiger partial charge < -0.3 is 4.90 Å². The first kappa shape index (κ1) is 17.4. The number of imide groups is 1. The van der Waals surface area contributed by atoms with Gasteiger partial charge in [0.1, 0.15) is 5.69 Å². The third kappa shape index (κ3) is 3.23. The minimum absolute atomic E-state index is 0.0862. The van der Waals surface area contributed by atoms with E-state index in [4.69, 9.17) is 0 Å². The minimum Gasteiger partial charge on any atom is -0.342 e. The monoisotopic (exact) mass is 363 g/mol. The fourth-order valence-corrected chi connectivity index (χ4v) is 3.90. The molecule has 0 saturated carbocycles. The molecule has 0 aliphatic carbocycles. The number of aryl methyl sites for hydroxylation is 1. The van der Waals surface area contributed by atoms with E-state index in [0.29, 0.717) is 37.9 Å². The molecule has 0 unspecified atom stereocenters. The van der Waals surface area contributed by atoms with Gasteiger partial charge >= 0.3 is 0 Å². The lowest BCUT2D eigenvalue weighted by Gasteiger charge is -2.35. The zero-order chi connectivity index (χ0) is 19.0.